The standard InChI is InChI=1S/C18H34N2/c1-17(2)14-20(16-10-6-3-4-7-11-16)15-18(19-17)12-8-5-9-13-18/h16,19H,3-15H2,1-2H3. The van der Waals surface area contributed by atoms with Crippen LogP contribution in [0.3, 0.4) is 0 Å². The maximum Gasteiger partial charge on any atom is 0.0314 e. The highest BCUT2D eigenvalue weighted by molar-refractivity contribution is 5.05. The fourth-order valence-corrected chi connectivity index (χ4v) is 5.14. The molecule has 0 aromatic rings. The summed E-state index contributed by atoms with van der Waals surface area (Å²) in [5.41, 5.74) is 0.730. The van der Waals surface area contributed by atoms with Gasteiger partial charge in [-0.3, -0.25) is 4.90 Å². The highest BCUT2D eigenvalue weighted by Gasteiger charge is 2.44. The van der Waals surface area contributed by atoms with Gasteiger partial charge in [0.05, 0.1) is 0 Å². The van der Waals surface area contributed by atoms with Crippen LogP contribution in [0, 0.1) is 0 Å². The first-order chi connectivity index (χ1) is 9.59. The van der Waals surface area contributed by atoms with Crippen molar-refractivity contribution in [1.29, 1.82) is 0 Å². The lowest BCUT2D eigenvalue weighted by Crippen LogP contribution is -2.70. The van der Waals surface area contributed by atoms with Gasteiger partial charge in [-0.25, -0.2) is 0 Å². The molecule has 1 N–H and O–H groups in total. The van der Waals surface area contributed by atoms with Crippen LogP contribution in [-0.2, 0) is 0 Å². The summed E-state index contributed by atoms with van der Waals surface area (Å²) >= 11 is 0. The van der Waals surface area contributed by atoms with Crippen molar-refractivity contribution >= 4 is 0 Å². The van der Waals surface area contributed by atoms with Crippen LogP contribution in [0.5, 0.6) is 0 Å². The van der Waals surface area contributed by atoms with E-state index in [0.717, 1.165) is 6.04 Å². The predicted octanol–water partition coefficient (Wildman–Crippen LogP) is 4.10. The van der Waals surface area contributed by atoms with Gasteiger partial charge in [-0.2, -0.15) is 0 Å². The molecule has 0 unspecified atom stereocenters. The third kappa shape index (κ3) is 3.39. The molecule has 3 aliphatic rings. The molecule has 1 heterocycles. The first-order valence-corrected chi connectivity index (χ1v) is 9.12. The number of hydrogen-bond donors (Lipinski definition) is 1. The molecule has 0 aromatic heterocycles. The molecule has 3 rings (SSSR count). The zero-order valence-corrected chi connectivity index (χ0v) is 13.7. The van der Waals surface area contributed by atoms with Crippen LogP contribution in [0.1, 0.15) is 84.5 Å². The molecular weight excluding hydrogens is 244 g/mol. The average Bonchev–Trinajstić information content (AvgIpc) is 2.66. The van der Waals surface area contributed by atoms with Crippen molar-refractivity contribution in [3.05, 3.63) is 0 Å². The minimum atomic E-state index is 0.294. The second-order valence-electron chi connectivity index (χ2n) is 8.40. The minimum Gasteiger partial charge on any atom is -0.304 e. The van der Waals surface area contributed by atoms with Crippen molar-refractivity contribution < 1.29 is 0 Å². The van der Waals surface area contributed by atoms with Gasteiger partial charge in [-0.05, 0) is 39.5 Å². The van der Waals surface area contributed by atoms with Gasteiger partial charge in [-0.15, -0.1) is 0 Å². The van der Waals surface area contributed by atoms with E-state index >= 15 is 0 Å². The molecule has 1 saturated heterocycles. The van der Waals surface area contributed by atoms with E-state index in [-0.39, 0.29) is 0 Å². The number of nitrogens with zero attached hydrogens (tertiary/aromatic N) is 1. The molecule has 0 aromatic carbocycles. The minimum absolute atomic E-state index is 0.294. The maximum atomic E-state index is 4.05. The van der Waals surface area contributed by atoms with E-state index in [1.807, 2.05) is 0 Å². The van der Waals surface area contributed by atoms with Gasteiger partial charge < -0.3 is 5.32 Å². The molecule has 1 aliphatic heterocycles. The Morgan fingerprint density at radius 3 is 2.05 bits per heavy atom. The van der Waals surface area contributed by atoms with E-state index in [1.165, 1.54) is 83.7 Å². The Balaban J connectivity index is 1.73. The third-order valence-corrected chi connectivity index (χ3v) is 5.86. The molecule has 2 heteroatoms. The van der Waals surface area contributed by atoms with Gasteiger partial charge in [-0.1, -0.05) is 44.9 Å². The number of nitrogens with one attached hydrogen (secondary N) is 1. The zero-order chi connectivity index (χ0) is 14.1. The largest absolute Gasteiger partial charge is 0.304 e. The van der Waals surface area contributed by atoms with E-state index in [1.54, 1.807) is 0 Å². The average molecular weight is 278 g/mol. The van der Waals surface area contributed by atoms with E-state index in [4.69, 9.17) is 0 Å². The molecule has 2 aliphatic carbocycles. The topological polar surface area (TPSA) is 15.3 Å². The van der Waals surface area contributed by atoms with Crippen LogP contribution in [0.4, 0.5) is 0 Å². The van der Waals surface area contributed by atoms with E-state index < -0.39 is 0 Å². The van der Waals surface area contributed by atoms with Gasteiger partial charge in [0.15, 0.2) is 0 Å². The highest BCUT2D eigenvalue weighted by Crippen LogP contribution is 2.36. The molecule has 2 saturated carbocycles. The Morgan fingerprint density at radius 1 is 0.800 bits per heavy atom. The zero-order valence-electron chi connectivity index (χ0n) is 13.7. The number of piperazine rings is 1. The lowest BCUT2D eigenvalue weighted by atomic mass is 9.76. The maximum absolute atomic E-state index is 4.05. The Morgan fingerprint density at radius 2 is 1.40 bits per heavy atom. The lowest BCUT2D eigenvalue weighted by molar-refractivity contribution is 0.00870. The Kier molecular flexibility index (Phi) is 4.42. The molecule has 116 valence electrons. The van der Waals surface area contributed by atoms with Crippen molar-refractivity contribution in [3.8, 4) is 0 Å². The smallest absolute Gasteiger partial charge is 0.0314 e. The van der Waals surface area contributed by atoms with Gasteiger partial charge in [0.25, 0.3) is 0 Å². The number of hydrogen-bond acceptors (Lipinski definition) is 2. The van der Waals surface area contributed by atoms with Crippen LogP contribution in [-0.4, -0.2) is 35.1 Å². The van der Waals surface area contributed by atoms with Gasteiger partial charge in [0.1, 0.15) is 0 Å². The van der Waals surface area contributed by atoms with Crippen molar-refractivity contribution in [3.63, 3.8) is 0 Å². The Labute approximate surface area is 125 Å². The first kappa shape index (κ1) is 14.8. The third-order valence-electron chi connectivity index (χ3n) is 5.86. The van der Waals surface area contributed by atoms with Crippen LogP contribution in [0.2, 0.25) is 0 Å². The van der Waals surface area contributed by atoms with Crippen LogP contribution in [0.15, 0.2) is 0 Å². The Bertz CT molecular complexity index is 309. The summed E-state index contributed by atoms with van der Waals surface area (Å²) in [6, 6.07) is 0.873. The van der Waals surface area contributed by atoms with Crippen molar-refractivity contribution in [2.75, 3.05) is 13.1 Å². The summed E-state index contributed by atoms with van der Waals surface area (Å²) < 4.78 is 0. The molecule has 3 fully saturated rings. The van der Waals surface area contributed by atoms with E-state index in [2.05, 4.69) is 24.1 Å². The summed E-state index contributed by atoms with van der Waals surface area (Å²) in [7, 11) is 0. The Hall–Kier alpha value is -0.0800. The molecule has 2 nitrogen and oxygen atoms in total. The van der Waals surface area contributed by atoms with Crippen LogP contribution in [0.25, 0.3) is 0 Å². The van der Waals surface area contributed by atoms with Crippen LogP contribution >= 0.6 is 0 Å². The first-order valence-electron chi connectivity index (χ1n) is 9.12. The fraction of sp³-hybridized carbons (Fsp3) is 1.00. The lowest BCUT2D eigenvalue weighted by Gasteiger charge is -2.55. The van der Waals surface area contributed by atoms with Gasteiger partial charge in [0, 0.05) is 30.2 Å². The molecule has 0 amide bonds. The highest BCUT2D eigenvalue weighted by atomic mass is 15.3. The SMILES string of the molecule is CC1(C)CN(C2CCCCCC2)CC2(CCCCC2)N1. The van der Waals surface area contributed by atoms with Gasteiger partial charge in [0.2, 0.25) is 0 Å². The monoisotopic (exact) mass is 278 g/mol. The fourth-order valence-electron chi connectivity index (χ4n) is 5.14. The predicted molar refractivity (Wildman–Crippen MR) is 86.1 cm³/mol. The summed E-state index contributed by atoms with van der Waals surface area (Å²) in [6.45, 7) is 7.42. The van der Waals surface area contributed by atoms with Crippen molar-refractivity contribution in [2.24, 2.45) is 0 Å². The summed E-state index contributed by atoms with van der Waals surface area (Å²) in [5.74, 6) is 0. The van der Waals surface area contributed by atoms with Crippen molar-refractivity contribution in [2.45, 2.75) is 102 Å². The quantitative estimate of drug-likeness (QED) is 0.727. The molecule has 1 spiro atoms. The molecule has 0 atom stereocenters. The molecule has 20 heavy (non-hydrogen) atoms. The van der Waals surface area contributed by atoms with E-state index in [0.29, 0.717) is 11.1 Å². The normalized spacial score (nSPS) is 32.1. The van der Waals surface area contributed by atoms with Gasteiger partial charge >= 0.3 is 0 Å². The second-order valence-corrected chi connectivity index (χ2v) is 8.40. The number of rotatable bonds is 1. The van der Waals surface area contributed by atoms with Crippen molar-refractivity contribution in [1.82, 2.24) is 10.2 Å². The molecule has 0 radical (unpaired) electrons. The molecular formula is C18H34N2. The summed E-state index contributed by atoms with van der Waals surface area (Å²) in [5, 5.41) is 4.05. The summed E-state index contributed by atoms with van der Waals surface area (Å²) in [4.78, 5) is 2.88. The summed E-state index contributed by atoms with van der Waals surface area (Å²) in [6.07, 6.45) is 15.9. The van der Waals surface area contributed by atoms with Crippen LogP contribution < -0.4 is 5.32 Å². The second kappa shape index (κ2) is 5.96. The molecule has 0 bridgehead atoms. The van der Waals surface area contributed by atoms with E-state index in [9.17, 15) is 0 Å².